The van der Waals surface area contributed by atoms with Crippen molar-refractivity contribution in [2.75, 3.05) is 0 Å². The largest absolute Gasteiger partial charge is 0.457 e. The molecule has 1 atom stereocenters. The van der Waals surface area contributed by atoms with Crippen molar-refractivity contribution in [2.24, 2.45) is 0 Å². The number of fused-ring (bicyclic) bond motifs is 5. The van der Waals surface area contributed by atoms with Crippen LogP contribution in [-0.4, -0.2) is 26.4 Å². The Morgan fingerprint density at radius 1 is 1.21 bits per heavy atom. The molecule has 2 aliphatic rings. The number of nitro benzene ring substituents is 1. The van der Waals surface area contributed by atoms with Gasteiger partial charge in [-0.05, 0) is 52.7 Å². The van der Waals surface area contributed by atoms with Gasteiger partial charge in [-0.15, -0.1) is 0 Å². The van der Waals surface area contributed by atoms with E-state index in [0.29, 0.717) is 32.3 Å². The van der Waals surface area contributed by atoms with E-state index < -0.39 is 28.0 Å². The molecule has 2 aliphatic heterocycles. The Balaban J connectivity index is 1.54. The summed E-state index contributed by atoms with van der Waals surface area (Å²) in [6.45, 7) is 1.56. The van der Waals surface area contributed by atoms with Crippen molar-refractivity contribution in [3.63, 3.8) is 0 Å². The number of pyridine rings is 2. The number of carbonyl (C=O) groups is 2. The van der Waals surface area contributed by atoms with Gasteiger partial charge < -0.3 is 14.0 Å². The van der Waals surface area contributed by atoms with Gasteiger partial charge in [-0.1, -0.05) is 25.1 Å². The summed E-state index contributed by atoms with van der Waals surface area (Å²) in [4.78, 5) is 55.8. The number of benzene rings is 2. The standard InChI is InChI=1S/C27H18BrN3O7/c1-2-27(38-25(33)15-6-3-4-7-19(15)28)18-11-22-23-14(12-30(22)24(32)17(18)13-37-26(27)34)10-16-20(29-23)8-5-9-21(16)31(35)36/h3-11H,2,12-13H2,1H3/t27-/m0/s1. The molecule has 2 aromatic carbocycles. The lowest BCUT2D eigenvalue weighted by Gasteiger charge is -2.35. The third-order valence-corrected chi connectivity index (χ3v) is 7.75. The maximum absolute atomic E-state index is 13.7. The van der Waals surface area contributed by atoms with Crippen molar-refractivity contribution in [1.29, 1.82) is 0 Å². The number of rotatable bonds is 4. The zero-order valence-electron chi connectivity index (χ0n) is 19.9. The number of esters is 2. The van der Waals surface area contributed by atoms with Crippen molar-refractivity contribution in [2.45, 2.75) is 32.1 Å². The number of halogens is 1. The Labute approximate surface area is 223 Å². The Kier molecular flexibility index (Phi) is 5.42. The molecule has 11 heteroatoms. The highest BCUT2D eigenvalue weighted by Gasteiger charge is 2.50. The van der Waals surface area contributed by atoms with E-state index in [9.17, 15) is 24.5 Å². The van der Waals surface area contributed by atoms with Crippen LogP contribution in [0.25, 0.3) is 22.3 Å². The molecular formula is C27H18BrN3O7. The Morgan fingerprint density at radius 2 is 2.00 bits per heavy atom. The molecule has 0 N–H and O–H groups in total. The van der Waals surface area contributed by atoms with Crippen molar-refractivity contribution < 1.29 is 24.0 Å². The number of ether oxygens (including phenoxy) is 2. The van der Waals surface area contributed by atoms with Gasteiger partial charge in [0.15, 0.2) is 0 Å². The van der Waals surface area contributed by atoms with Crippen LogP contribution in [0.4, 0.5) is 5.69 Å². The van der Waals surface area contributed by atoms with Crippen LogP contribution in [0.1, 0.15) is 40.4 Å². The first-order valence-electron chi connectivity index (χ1n) is 11.7. The third kappa shape index (κ3) is 3.38. The van der Waals surface area contributed by atoms with Gasteiger partial charge in [-0.2, -0.15) is 0 Å². The highest BCUT2D eigenvalue weighted by molar-refractivity contribution is 9.10. The molecule has 0 saturated heterocycles. The minimum absolute atomic E-state index is 0.0299. The molecule has 38 heavy (non-hydrogen) atoms. The monoisotopic (exact) mass is 575 g/mol. The molecule has 0 radical (unpaired) electrons. The fraction of sp³-hybridized carbons (Fsp3) is 0.185. The quantitative estimate of drug-likeness (QED) is 0.172. The molecule has 190 valence electrons. The first-order valence-corrected chi connectivity index (χ1v) is 12.5. The molecule has 4 aromatic rings. The first kappa shape index (κ1) is 24.0. The summed E-state index contributed by atoms with van der Waals surface area (Å²) in [5.41, 5.74) is 0.287. The second-order valence-corrected chi connectivity index (χ2v) is 9.89. The van der Waals surface area contributed by atoms with E-state index in [4.69, 9.17) is 9.47 Å². The molecular weight excluding hydrogens is 558 g/mol. The molecule has 0 aliphatic carbocycles. The van der Waals surface area contributed by atoms with Crippen LogP contribution in [0, 0.1) is 10.1 Å². The smallest absolute Gasteiger partial charge is 0.355 e. The van der Waals surface area contributed by atoms with Crippen molar-refractivity contribution in [3.8, 4) is 11.4 Å². The summed E-state index contributed by atoms with van der Waals surface area (Å²) in [5.74, 6) is -1.51. The number of carbonyl (C=O) groups excluding carboxylic acids is 2. The summed E-state index contributed by atoms with van der Waals surface area (Å²) in [6, 6.07) is 14.6. The zero-order chi connectivity index (χ0) is 26.8. The van der Waals surface area contributed by atoms with Crippen LogP contribution in [0.15, 0.2) is 63.9 Å². The Bertz CT molecular complexity index is 1780. The SMILES string of the molecule is CC[C@@]1(OC(=O)c2ccccc2Br)C(=O)OCc2c1cc1n(c2=O)Cc2cc3c([N+](=O)[O-])cccc3nc2-1. The average molecular weight is 576 g/mol. The van der Waals surface area contributed by atoms with E-state index >= 15 is 0 Å². The van der Waals surface area contributed by atoms with E-state index in [2.05, 4.69) is 20.9 Å². The molecule has 2 aromatic heterocycles. The van der Waals surface area contributed by atoms with E-state index in [-0.39, 0.29) is 42.0 Å². The van der Waals surface area contributed by atoms with Gasteiger partial charge in [0.25, 0.3) is 11.2 Å². The van der Waals surface area contributed by atoms with Gasteiger partial charge in [0, 0.05) is 21.7 Å². The molecule has 0 saturated carbocycles. The van der Waals surface area contributed by atoms with Crippen LogP contribution in [0.5, 0.6) is 0 Å². The third-order valence-electron chi connectivity index (χ3n) is 7.05. The Hall–Kier alpha value is -4.38. The van der Waals surface area contributed by atoms with Crippen LogP contribution in [-0.2, 0) is 33.0 Å². The lowest BCUT2D eigenvalue weighted by molar-refractivity contribution is -0.383. The number of nitro groups is 1. The minimum atomic E-state index is -1.84. The number of cyclic esters (lactones) is 1. The van der Waals surface area contributed by atoms with Gasteiger partial charge in [0.2, 0.25) is 5.60 Å². The second-order valence-electron chi connectivity index (χ2n) is 9.04. The lowest BCUT2D eigenvalue weighted by Crippen LogP contribution is -2.47. The first-order chi connectivity index (χ1) is 18.2. The van der Waals surface area contributed by atoms with Crippen LogP contribution in [0.2, 0.25) is 0 Å². The summed E-state index contributed by atoms with van der Waals surface area (Å²) < 4.78 is 13.2. The van der Waals surface area contributed by atoms with E-state index in [1.165, 1.54) is 10.6 Å². The minimum Gasteiger partial charge on any atom is -0.457 e. The molecule has 0 spiro atoms. The molecule has 6 rings (SSSR count). The number of aromatic nitrogens is 2. The van der Waals surface area contributed by atoms with E-state index in [1.807, 2.05) is 0 Å². The van der Waals surface area contributed by atoms with Gasteiger partial charge in [0.1, 0.15) is 6.61 Å². The van der Waals surface area contributed by atoms with Crippen LogP contribution >= 0.6 is 15.9 Å². The van der Waals surface area contributed by atoms with Crippen molar-refractivity contribution in [3.05, 3.63) is 102 Å². The topological polar surface area (TPSA) is 131 Å². The fourth-order valence-electron chi connectivity index (χ4n) is 5.14. The van der Waals surface area contributed by atoms with E-state index in [0.717, 1.165) is 0 Å². The van der Waals surface area contributed by atoms with Gasteiger partial charge in [-0.3, -0.25) is 14.9 Å². The van der Waals surface area contributed by atoms with Crippen LogP contribution < -0.4 is 5.56 Å². The second kappa shape index (κ2) is 8.59. The van der Waals surface area contributed by atoms with Gasteiger partial charge >= 0.3 is 11.9 Å². The summed E-state index contributed by atoms with van der Waals surface area (Å²) in [7, 11) is 0. The lowest BCUT2D eigenvalue weighted by atomic mass is 9.85. The molecule has 4 heterocycles. The van der Waals surface area contributed by atoms with Gasteiger partial charge in [-0.25, -0.2) is 14.6 Å². The molecule has 0 bridgehead atoms. The Morgan fingerprint density at radius 3 is 2.74 bits per heavy atom. The number of non-ortho nitro benzene ring substituents is 1. The predicted molar refractivity (Wildman–Crippen MR) is 139 cm³/mol. The molecule has 0 fully saturated rings. The average Bonchev–Trinajstić information content (AvgIpc) is 3.26. The zero-order valence-corrected chi connectivity index (χ0v) is 21.5. The fourth-order valence-corrected chi connectivity index (χ4v) is 5.59. The van der Waals surface area contributed by atoms with Crippen molar-refractivity contribution >= 4 is 44.5 Å². The highest BCUT2D eigenvalue weighted by Crippen LogP contribution is 2.42. The summed E-state index contributed by atoms with van der Waals surface area (Å²) >= 11 is 3.33. The maximum Gasteiger partial charge on any atom is 0.355 e. The van der Waals surface area contributed by atoms with E-state index in [1.54, 1.807) is 55.5 Å². The van der Waals surface area contributed by atoms with Gasteiger partial charge in [0.05, 0.1) is 44.9 Å². The maximum atomic E-state index is 13.7. The number of hydrogen-bond donors (Lipinski definition) is 0. The van der Waals surface area contributed by atoms with Crippen molar-refractivity contribution in [1.82, 2.24) is 9.55 Å². The normalized spacial score (nSPS) is 17.4. The molecule has 0 unspecified atom stereocenters. The molecule has 10 nitrogen and oxygen atoms in total. The summed E-state index contributed by atoms with van der Waals surface area (Å²) in [6.07, 6.45) is 0.0299. The summed E-state index contributed by atoms with van der Waals surface area (Å²) in [5, 5.41) is 11.9. The number of hydrogen-bond acceptors (Lipinski definition) is 8. The predicted octanol–water partition coefficient (Wildman–Crippen LogP) is 4.62. The number of nitrogens with zero attached hydrogens (tertiary/aromatic N) is 3. The van der Waals surface area contributed by atoms with Crippen LogP contribution in [0.3, 0.4) is 0 Å². The molecule has 0 amide bonds. The highest BCUT2D eigenvalue weighted by atomic mass is 79.9.